The van der Waals surface area contributed by atoms with Gasteiger partial charge < -0.3 is 18.8 Å². The Morgan fingerprint density at radius 1 is 1.13 bits per heavy atom. The molecule has 1 amide bonds. The molecular formula is C21H19FN2O6S. The standard InChI is InChI=1S/C21H19FN2O6S/c1-3-29-20(27)13-4-9-16-17(10-13)31-21(24(16)11-19(26)28-2)23-18(25)12-30-15-7-5-14(22)6-8-15/h4-10H,3,11-12H2,1-2H3. The molecular weight excluding hydrogens is 427 g/mol. The van der Waals surface area contributed by atoms with Crippen molar-refractivity contribution in [3.05, 3.63) is 58.6 Å². The van der Waals surface area contributed by atoms with Gasteiger partial charge in [0, 0.05) is 0 Å². The van der Waals surface area contributed by atoms with Gasteiger partial charge in [-0.15, -0.1) is 0 Å². The normalized spacial score (nSPS) is 11.4. The van der Waals surface area contributed by atoms with Gasteiger partial charge in [-0.05, 0) is 49.4 Å². The number of aromatic nitrogens is 1. The predicted octanol–water partition coefficient (Wildman–Crippen LogP) is 2.70. The van der Waals surface area contributed by atoms with Crippen LogP contribution in [0.3, 0.4) is 0 Å². The first-order valence-corrected chi connectivity index (χ1v) is 10.1. The Hall–Kier alpha value is -3.53. The van der Waals surface area contributed by atoms with Gasteiger partial charge in [0.2, 0.25) is 0 Å². The number of thiazole rings is 1. The van der Waals surface area contributed by atoms with Crippen molar-refractivity contribution >= 4 is 39.4 Å². The van der Waals surface area contributed by atoms with E-state index in [1.165, 1.54) is 35.9 Å². The second-order valence-corrected chi connectivity index (χ2v) is 7.21. The van der Waals surface area contributed by atoms with Crippen LogP contribution in [-0.4, -0.2) is 42.7 Å². The molecule has 0 aliphatic heterocycles. The van der Waals surface area contributed by atoms with E-state index in [0.717, 1.165) is 11.3 Å². The summed E-state index contributed by atoms with van der Waals surface area (Å²) in [6, 6.07) is 10.1. The molecule has 2 aromatic carbocycles. The fraction of sp³-hybridized carbons (Fsp3) is 0.238. The van der Waals surface area contributed by atoms with Crippen LogP contribution in [0.4, 0.5) is 4.39 Å². The molecule has 0 saturated heterocycles. The van der Waals surface area contributed by atoms with E-state index < -0.39 is 23.7 Å². The van der Waals surface area contributed by atoms with Gasteiger partial charge in [0.1, 0.15) is 18.1 Å². The third-order valence-corrected chi connectivity index (χ3v) is 5.15. The number of rotatable bonds is 7. The van der Waals surface area contributed by atoms with Gasteiger partial charge in [0.05, 0.1) is 29.5 Å². The molecule has 0 spiro atoms. The van der Waals surface area contributed by atoms with Gasteiger partial charge in [0.15, 0.2) is 11.4 Å². The van der Waals surface area contributed by atoms with Crippen molar-refractivity contribution < 1.29 is 33.0 Å². The number of carbonyl (C=O) groups is 3. The van der Waals surface area contributed by atoms with Crippen molar-refractivity contribution in [3.63, 3.8) is 0 Å². The minimum atomic E-state index is -0.597. The summed E-state index contributed by atoms with van der Waals surface area (Å²) >= 11 is 1.13. The number of halogens is 1. The summed E-state index contributed by atoms with van der Waals surface area (Å²) in [4.78, 5) is 40.5. The van der Waals surface area contributed by atoms with Crippen molar-refractivity contribution in [2.75, 3.05) is 20.3 Å². The van der Waals surface area contributed by atoms with E-state index in [9.17, 15) is 18.8 Å². The fourth-order valence-corrected chi connectivity index (χ4v) is 3.75. The lowest BCUT2D eigenvalue weighted by Crippen LogP contribution is -2.23. The lowest BCUT2D eigenvalue weighted by molar-refractivity contribution is -0.141. The summed E-state index contributed by atoms with van der Waals surface area (Å²) in [5, 5.41) is 0. The van der Waals surface area contributed by atoms with E-state index >= 15 is 0 Å². The number of nitrogens with zero attached hydrogens (tertiary/aromatic N) is 2. The van der Waals surface area contributed by atoms with E-state index in [1.807, 2.05) is 0 Å². The minimum Gasteiger partial charge on any atom is -0.484 e. The van der Waals surface area contributed by atoms with Gasteiger partial charge in [-0.3, -0.25) is 9.59 Å². The summed E-state index contributed by atoms with van der Waals surface area (Å²) in [6.07, 6.45) is 0. The molecule has 0 unspecified atom stereocenters. The molecule has 1 aromatic heterocycles. The molecule has 0 fully saturated rings. The lowest BCUT2D eigenvalue weighted by atomic mass is 10.2. The molecule has 0 N–H and O–H groups in total. The number of ether oxygens (including phenoxy) is 3. The zero-order valence-electron chi connectivity index (χ0n) is 16.8. The number of benzene rings is 2. The average molecular weight is 446 g/mol. The number of carbonyl (C=O) groups excluding carboxylic acids is 3. The lowest BCUT2D eigenvalue weighted by Gasteiger charge is -2.05. The van der Waals surface area contributed by atoms with Crippen LogP contribution < -0.4 is 9.54 Å². The Kier molecular flexibility index (Phi) is 7.14. The summed E-state index contributed by atoms with van der Waals surface area (Å²) in [5.74, 6) is -1.69. The van der Waals surface area contributed by atoms with Crippen molar-refractivity contribution in [2.45, 2.75) is 13.5 Å². The summed E-state index contributed by atoms with van der Waals surface area (Å²) < 4.78 is 30.2. The molecule has 8 nitrogen and oxygen atoms in total. The van der Waals surface area contributed by atoms with Crippen LogP contribution in [-0.2, 0) is 25.6 Å². The quantitative estimate of drug-likeness (QED) is 0.518. The molecule has 31 heavy (non-hydrogen) atoms. The summed E-state index contributed by atoms with van der Waals surface area (Å²) in [7, 11) is 1.26. The van der Waals surface area contributed by atoms with Crippen LogP contribution in [0.2, 0.25) is 0 Å². The molecule has 0 atom stereocenters. The van der Waals surface area contributed by atoms with E-state index in [2.05, 4.69) is 4.99 Å². The smallest absolute Gasteiger partial charge is 0.338 e. The van der Waals surface area contributed by atoms with Gasteiger partial charge in [-0.25, -0.2) is 9.18 Å². The van der Waals surface area contributed by atoms with Crippen molar-refractivity contribution in [2.24, 2.45) is 4.99 Å². The van der Waals surface area contributed by atoms with Crippen LogP contribution in [0.25, 0.3) is 10.2 Å². The molecule has 3 aromatic rings. The van der Waals surface area contributed by atoms with Crippen LogP contribution in [0.5, 0.6) is 5.75 Å². The highest BCUT2D eigenvalue weighted by Crippen LogP contribution is 2.20. The average Bonchev–Trinajstić information content (AvgIpc) is 3.09. The third-order valence-electron chi connectivity index (χ3n) is 4.11. The summed E-state index contributed by atoms with van der Waals surface area (Å²) in [6.45, 7) is 1.42. The Balaban J connectivity index is 1.92. The first-order chi connectivity index (χ1) is 14.9. The monoisotopic (exact) mass is 446 g/mol. The maximum absolute atomic E-state index is 13.0. The molecule has 1 heterocycles. The molecule has 162 valence electrons. The maximum atomic E-state index is 13.0. The van der Waals surface area contributed by atoms with Crippen molar-refractivity contribution in [3.8, 4) is 5.75 Å². The zero-order chi connectivity index (χ0) is 22.4. The van der Waals surface area contributed by atoms with E-state index in [1.54, 1.807) is 25.1 Å². The zero-order valence-corrected chi connectivity index (χ0v) is 17.6. The molecule has 0 bridgehead atoms. The molecule has 0 aliphatic rings. The van der Waals surface area contributed by atoms with E-state index in [0.29, 0.717) is 21.5 Å². The number of hydrogen-bond donors (Lipinski definition) is 0. The highest BCUT2D eigenvalue weighted by atomic mass is 32.1. The molecule has 0 radical (unpaired) electrons. The number of amides is 1. The van der Waals surface area contributed by atoms with Gasteiger partial charge in [-0.2, -0.15) is 4.99 Å². The molecule has 0 aliphatic carbocycles. The van der Waals surface area contributed by atoms with Crippen LogP contribution in [0.1, 0.15) is 17.3 Å². The largest absolute Gasteiger partial charge is 0.484 e. The number of hydrogen-bond acceptors (Lipinski definition) is 7. The van der Waals surface area contributed by atoms with Crippen molar-refractivity contribution in [1.82, 2.24) is 4.57 Å². The minimum absolute atomic E-state index is 0.166. The number of methoxy groups -OCH3 is 1. The van der Waals surface area contributed by atoms with Crippen LogP contribution >= 0.6 is 11.3 Å². The summed E-state index contributed by atoms with van der Waals surface area (Å²) in [5.41, 5.74) is 0.952. The van der Waals surface area contributed by atoms with E-state index in [4.69, 9.17) is 14.2 Å². The number of fused-ring (bicyclic) bond motifs is 1. The second kappa shape index (κ2) is 9.98. The second-order valence-electron chi connectivity index (χ2n) is 6.20. The highest BCUT2D eigenvalue weighted by molar-refractivity contribution is 7.16. The van der Waals surface area contributed by atoms with Crippen molar-refractivity contribution in [1.29, 1.82) is 0 Å². The molecule has 10 heteroatoms. The molecule has 0 saturated carbocycles. The Morgan fingerprint density at radius 3 is 2.55 bits per heavy atom. The highest BCUT2D eigenvalue weighted by Gasteiger charge is 2.15. The maximum Gasteiger partial charge on any atom is 0.338 e. The number of esters is 2. The topological polar surface area (TPSA) is 96.2 Å². The first-order valence-electron chi connectivity index (χ1n) is 9.24. The fourth-order valence-electron chi connectivity index (χ4n) is 2.66. The van der Waals surface area contributed by atoms with E-state index in [-0.39, 0.29) is 24.6 Å². The Labute approximate surface area is 180 Å². The molecule has 3 rings (SSSR count). The van der Waals surface area contributed by atoms with Gasteiger partial charge in [-0.1, -0.05) is 11.3 Å². The van der Waals surface area contributed by atoms with Crippen LogP contribution in [0, 0.1) is 5.82 Å². The Morgan fingerprint density at radius 2 is 1.87 bits per heavy atom. The Bertz CT molecular complexity index is 1180. The SMILES string of the molecule is CCOC(=O)c1ccc2c(c1)sc(=NC(=O)COc1ccc(F)cc1)n2CC(=O)OC. The van der Waals surface area contributed by atoms with Crippen LogP contribution in [0.15, 0.2) is 47.5 Å². The predicted molar refractivity (Wildman–Crippen MR) is 110 cm³/mol. The third kappa shape index (κ3) is 5.54. The first kappa shape index (κ1) is 22.2. The van der Waals surface area contributed by atoms with Gasteiger partial charge in [0.25, 0.3) is 5.91 Å². The van der Waals surface area contributed by atoms with Gasteiger partial charge >= 0.3 is 11.9 Å².